The summed E-state index contributed by atoms with van der Waals surface area (Å²) < 4.78 is 1.74. The summed E-state index contributed by atoms with van der Waals surface area (Å²) in [6, 6.07) is 6.83. The maximum Gasteiger partial charge on any atom is 0.337 e. The van der Waals surface area contributed by atoms with E-state index >= 15 is 0 Å². The Morgan fingerprint density at radius 1 is 1.32 bits per heavy atom. The van der Waals surface area contributed by atoms with Crippen molar-refractivity contribution in [1.82, 2.24) is 4.57 Å². The molecule has 5 heteroatoms. The molecule has 1 aromatic carbocycles. The van der Waals surface area contributed by atoms with E-state index in [4.69, 9.17) is 10.8 Å². The van der Waals surface area contributed by atoms with Crippen LogP contribution in [-0.4, -0.2) is 21.6 Å². The SMILES string of the molecule is Cc1c(C(=O)O)cn(C)c1-c1cccc(C(N)=O)c1. The highest BCUT2D eigenvalue weighted by Gasteiger charge is 2.17. The van der Waals surface area contributed by atoms with Crippen molar-refractivity contribution in [2.75, 3.05) is 0 Å². The molecule has 3 N–H and O–H groups in total. The predicted octanol–water partition coefficient (Wildman–Crippen LogP) is 1.80. The zero-order valence-corrected chi connectivity index (χ0v) is 10.7. The minimum Gasteiger partial charge on any atom is -0.478 e. The lowest BCUT2D eigenvalue weighted by Crippen LogP contribution is -2.10. The lowest BCUT2D eigenvalue weighted by atomic mass is 10.0. The molecular weight excluding hydrogens is 244 g/mol. The maximum absolute atomic E-state index is 11.2. The number of benzene rings is 1. The van der Waals surface area contributed by atoms with E-state index in [-0.39, 0.29) is 5.56 Å². The number of aryl methyl sites for hydroxylation is 1. The molecule has 2 rings (SSSR count). The van der Waals surface area contributed by atoms with Crippen LogP contribution in [-0.2, 0) is 7.05 Å². The van der Waals surface area contributed by atoms with Gasteiger partial charge in [0.05, 0.1) is 11.3 Å². The molecule has 98 valence electrons. The summed E-state index contributed by atoms with van der Waals surface area (Å²) in [5.41, 5.74) is 8.10. The molecule has 0 fully saturated rings. The van der Waals surface area contributed by atoms with Gasteiger partial charge >= 0.3 is 5.97 Å². The minimum atomic E-state index is -0.967. The summed E-state index contributed by atoms with van der Waals surface area (Å²) in [7, 11) is 1.77. The Morgan fingerprint density at radius 2 is 2.00 bits per heavy atom. The standard InChI is InChI=1S/C14H14N2O3/c1-8-11(14(18)19)7-16(2)12(8)9-4-3-5-10(6-9)13(15)17/h3-7H,1-2H3,(H2,15,17)(H,18,19). The van der Waals surface area contributed by atoms with Gasteiger partial charge in [0.1, 0.15) is 0 Å². The Bertz CT molecular complexity index is 671. The lowest BCUT2D eigenvalue weighted by Gasteiger charge is -2.06. The van der Waals surface area contributed by atoms with Crippen LogP contribution in [0.25, 0.3) is 11.3 Å². The van der Waals surface area contributed by atoms with Gasteiger partial charge in [-0.2, -0.15) is 0 Å². The summed E-state index contributed by atoms with van der Waals surface area (Å²) >= 11 is 0. The second kappa shape index (κ2) is 4.61. The molecule has 0 aliphatic heterocycles. The van der Waals surface area contributed by atoms with E-state index in [0.717, 1.165) is 11.3 Å². The van der Waals surface area contributed by atoms with Crippen LogP contribution in [0.1, 0.15) is 26.3 Å². The van der Waals surface area contributed by atoms with Crippen molar-refractivity contribution in [2.24, 2.45) is 12.8 Å². The summed E-state index contributed by atoms with van der Waals surface area (Å²) in [5.74, 6) is -1.47. The Balaban J connectivity index is 2.62. The van der Waals surface area contributed by atoms with Crippen LogP contribution >= 0.6 is 0 Å². The first kappa shape index (κ1) is 12.9. The number of carbonyl (C=O) groups excluding carboxylic acids is 1. The average Bonchev–Trinajstić information content (AvgIpc) is 2.65. The van der Waals surface area contributed by atoms with Crippen LogP contribution in [0.2, 0.25) is 0 Å². The number of nitrogens with zero attached hydrogens (tertiary/aromatic N) is 1. The van der Waals surface area contributed by atoms with Gasteiger partial charge in [0.15, 0.2) is 0 Å². The molecule has 0 saturated carbocycles. The van der Waals surface area contributed by atoms with Crippen molar-refractivity contribution in [3.8, 4) is 11.3 Å². The highest BCUT2D eigenvalue weighted by atomic mass is 16.4. The number of carbonyl (C=O) groups is 2. The fourth-order valence-electron chi connectivity index (χ4n) is 2.20. The molecule has 19 heavy (non-hydrogen) atoms. The summed E-state index contributed by atoms with van der Waals surface area (Å²) in [5, 5.41) is 9.11. The van der Waals surface area contributed by atoms with Crippen LogP contribution in [0.4, 0.5) is 0 Å². The third-order valence-corrected chi connectivity index (χ3v) is 3.09. The largest absolute Gasteiger partial charge is 0.478 e. The second-order valence-corrected chi connectivity index (χ2v) is 4.38. The topological polar surface area (TPSA) is 85.3 Å². The Morgan fingerprint density at radius 3 is 2.53 bits per heavy atom. The molecule has 0 spiro atoms. The lowest BCUT2D eigenvalue weighted by molar-refractivity contribution is 0.0696. The first-order valence-corrected chi connectivity index (χ1v) is 5.71. The number of rotatable bonds is 3. The number of carboxylic acids is 1. The van der Waals surface area contributed by atoms with E-state index in [2.05, 4.69) is 0 Å². The molecule has 0 radical (unpaired) electrons. The molecule has 5 nitrogen and oxygen atoms in total. The third kappa shape index (κ3) is 2.22. The smallest absolute Gasteiger partial charge is 0.337 e. The van der Waals surface area contributed by atoms with Gasteiger partial charge in [0.25, 0.3) is 0 Å². The van der Waals surface area contributed by atoms with E-state index in [1.54, 1.807) is 42.9 Å². The van der Waals surface area contributed by atoms with Gasteiger partial charge in [0, 0.05) is 18.8 Å². The molecule has 0 atom stereocenters. The Hall–Kier alpha value is -2.56. The number of primary amides is 1. The van der Waals surface area contributed by atoms with Gasteiger partial charge in [-0.05, 0) is 30.2 Å². The summed E-state index contributed by atoms with van der Waals surface area (Å²) in [6.45, 7) is 1.75. The van der Waals surface area contributed by atoms with Gasteiger partial charge in [-0.1, -0.05) is 12.1 Å². The van der Waals surface area contributed by atoms with E-state index in [1.807, 2.05) is 6.07 Å². The van der Waals surface area contributed by atoms with Gasteiger partial charge in [-0.25, -0.2) is 4.79 Å². The first-order chi connectivity index (χ1) is 8.91. The number of hydrogen-bond acceptors (Lipinski definition) is 2. The number of aromatic carboxylic acids is 1. The quantitative estimate of drug-likeness (QED) is 0.880. The molecule has 0 bridgehead atoms. The van der Waals surface area contributed by atoms with E-state index < -0.39 is 11.9 Å². The number of hydrogen-bond donors (Lipinski definition) is 2. The van der Waals surface area contributed by atoms with Crippen molar-refractivity contribution in [3.63, 3.8) is 0 Å². The highest BCUT2D eigenvalue weighted by Crippen LogP contribution is 2.27. The van der Waals surface area contributed by atoms with E-state index in [9.17, 15) is 9.59 Å². The third-order valence-electron chi connectivity index (χ3n) is 3.09. The van der Waals surface area contributed by atoms with Crippen LogP contribution < -0.4 is 5.73 Å². The van der Waals surface area contributed by atoms with Crippen molar-refractivity contribution < 1.29 is 14.7 Å². The Labute approximate surface area is 110 Å². The average molecular weight is 258 g/mol. The van der Waals surface area contributed by atoms with Crippen LogP contribution in [0.5, 0.6) is 0 Å². The minimum absolute atomic E-state index is 0.252. The molecule has 0 saturated heterocycles. The fourth-order valence-corrected chi connectivity index (χ4v) is 2.20. The number of aromatic nitrogens is 1. The zero-order valence-electron chi connectivity index (χ0n) is 10.7. The van der Waals surface area contributed by atoms with Crippen molar-refractivity contribution in [1.29, 1.82) is 0 Å². The predicted molar refractivity (Wildman–Crippen MR) is 71.1 cm³/mol. The van der Waals surface area contributed by atoms with Gasteiger partial charge in [-0.15, -0.1) is 0 Å². The first-order valence-electron chi connectivity index (χ1n) is 5.71. The second-order valence-electron chi connectivity index (χ2n) is 4.38. The van der Waals surface area contributed by atoms with Crippen molar-refractivity contribution >= 4 is 11.9 Å². The van der Waals surface area contributed by atoms with E-state index in [1.165, 1.54) is 0 Å². The van der Waals surface area contributed by atoms with Gasteiger partial charge < -0.3 is 15.4 Å². The monoisotopic (exact) mass is 258 g/mol. The normalized spacial score (nSPS) is 10.4. The van der Waals surface area contributed by atoms with Crippen LogP contribution in [0.3, 0.4) is 0 Å². The van der Waals surface area contributed by atoms with E-state index in [0.29, 0.717) is 11.1 Å². The highest BCUT2D eigenvalue weighted by molar-refractivity contribution is 5.95. The van der Waals surface area contributed by atoms with Crippen LogP contribution in [0, 0.1) is 6.92 Å². The van der Waals surface area contributed by atoms with Crippen molar-refractivity contribution in [3.05, 3.63) is 47.2 Å². The number of amides is 1. The Kier molecular flexibility index (Phi) is 3.12. The van der Waals surface area contributed by atoms with Gasteiger partial charge in [0.2, 0.25) is 5.91 Å². The summed E-state index contributed by atoms with van der Waals surface area (Å²) in [6.07, 6.45) is 1.56. The van der Waals surface area contributed by atoms with Gasteiger partial charge in [-0.3, -0.25) is 4.79 Å². The molecule has 0 aliphatic rings. The fraction of sp³-hybridized carbons (Fsp3) is 0.143. The van der Waals surface area contributed by atoms with Crippen LogP contribution in [0.15, 0.2) is 30.5 Å². The zero-order chi connectivity index (χ0) is 14.2. The molecule has 0 unspecified atom stereocenters. The molecule has 1 heterocycles. The molecular formula is C14H14N2O3. The molecule has 0 aliphatic carbocycles. The molecule has 1 aromatic heterocycles. The molecule has 2 aromatic rings. The van der Waals surface area contributed by atoms with Crippen molar-refractivity contribution in [2.45, 2.75) is 6.92 Å². The number of carboxylic acid groups (broad SMARTS) is 1. The summed E-state index contributed by atoms with van der Waals surface area (Å²) in [4.78, 5) is 22.3. The maximum atomic E-state index is 11.2. The number of nitrogens with two attached hydrogens (primary N) is 1. The molecule has 1 amide bonds.